The van der Waals surface area contributed by atoms with E-state index >= 15 is 0 Å². The lowest BCUT2D eigenvalue weighted by Crippen LogP contribution is -2.58. The Balaban J connectivity index is 5.20. The third-order valence-corrected chi connectivity index (χ3v) is 3.99. The zero-order valence-electron chi connectivity index (χ0n) is 15.6. The lowest BCUT2D eigenvalue weighted by molar-refractivity contribution is -0.144. The van der Waals surface area contributed by atoms with E-state index in [9.17, 15) is 28.8 Å². The topological polar surface area (TPSA) is 245 Å². The van der Waals surface area contributed by atoms with Crippen LogP contribution < -0.4 is 21.7 Å². The van der Waals surface area contributed by atoms with Gasteiger partial charge in [-0.15, -0.1) is 0 Å². The molecule has 0 aliphatic heterocycles. The normalized spacial score (nSPS) is 14.5. The molecule has 30 heavy (non-hydrogen) atoms. The highest BCUT2D eigenvalue weighted by Crippen LogP contribution is 2.02. The van der Waals surface area contributed by atoms with Crippen molar-refractivity contribution in [2.45, 2.75) is 43.4 Å². The van der Waals surface area contributed by atoms with Crippen LogP contribution in [-0.4, -0.2) is 92.6 Å². The lowest BCUT2D eigenvalue weighted by Gasteiger charge is -2.23. The number of amides is 3. The van der Waals surface area contributed by atoms with Crippen LogP contribution in [0, 0.1) is 0 Å². The summed E-state index contributed by atoms with van der Waals surface area (Å²) < 4.78 is 0. The summed E-state index contributed by atoms with van der Waals surface area (Å²) in [7, 11) is 0. The fraction of sp³-hybridized carbons (Fsp3) is 0.600. The van der Waals surface area contributed by atoms with Crippen LogP contribution in [0.15, 0.2) is 0 Å². The molecule has 0 saturated carbocycles. The highest BCUT2D eigenvalue weighted by atomic mass is 32.1. The molecule has 0 aromatic heterocycles. The zero-order chi connectivity index (χ0) is 23.4. The van der Waals surface area contributed by atoms with Gasteiger partial charge in [-0.1, -0.05) is 0 Å². The smallest absolute Gasteiger partial charge is 0.326 e. The fourth-order valence-corrected chi connectivity index (χ4v) is 2.27. The third-order valence-electron chi connectivity index (χ3n) is 3.62. The molecule has 15 heteroatoms. The minimum atomic E-state index is -1.65. The van der Waals surface area contributed by atoms with E-state index in [-0.39, 0.29) is 5.75 Å². The van der Waals surface area contributed by atoms with Gasteiger partial charge in [0.05, 0.1) is 13.0 Å². The van der Waals surface area contributed by atoms with E-state index in [2.05, 4.69) is 23.3 Å². The first kappa shape index (κ1) is 27.1. The number of hydrogen-bond donors (Lipinski definition) is 9. The molecule has 0 aliphatic rings. The van der Waals surface area contributed by atoms with Crippen molar-refractivity contribution in [1.82, 2.24) is 16.0 Å². The highest BCUT2D eigenvalue weighted by Gasteiger charge is 2.31. The molecule has 0 aliphatic carbocycles. The van der Waals surface area contributed by atoms with Gasteiger partial charge in [-0.25, -0.2) is 4.79 Å². The SMILES string of the molecule is NC(CO)C(=O)NC(CC(=O)O)C(=O)NC(CS)C(=O)NC(CCC(=O)O)C(=O)O. The van der Waals surface area contributed by atoms with Crippen LogP contribution in [-0.2, 0) is 28.8 Å². The molecule has 14 nitrogen and oxygen atoms in total. The van der Waals surface area contributed by atoms with E-state index in [1.165, 1.54) is 0 Å². The van der Waals surface area contributed by atoms with E-state index in [1.54, 1.807) is 0 Å². The average molecular weight is 452 g/mol. The molecule has 0 rings (SSSR count). The van der Waals surface area contributed by atoms with Gasteiger partial charge >= 0.3 is 17.9 Å². The van der Waals surface area contributed by atoms with Crippen LogP contribution in [0.4, 0.5) is 0 Å². The van der Waals surface area contributed by atoms with Crippen molar-refractivity contribution in [3.8, 4) is 0 Å². The third kappa shape index (κ3) is 10.0. The number of aliphatic carboxylic acids is 3. The van der Waals surface area contributed by atoms with Gasteiger partial charge in [-0.2, -0.15) is 12.6 Å². The van der Waals surface area contributed by atoms with Crippen molar-refractivity contribution in [1.29, 1.82) is 0 Å². The van der Waals surface area contributed by atoms with Gasteiger partial charge < -0.3 is 42.1 Å². The Hall–Kier alpha value is -2.91. The van der Waals surface area contributed by atoms with Gasteiger partial charge in [0.15, 0.2) is 0 Å². The molecule has 170 valence electrons. The van der Waals surface area contributed by atoms with Crippen LogP contribution in [0.5, 0.6) is 0 Å². The predicted molar refractivity (Wildman–Crippen MR) is 101 cm³/mol. The number of carbonyl (C=O) groups is 6. The highest BCUT2D eigenvalue weighted by molar-refractivity contribution is 7.80. The molecule has 0 aromatic carbocycles. The summed E-state index contributed by atoms with van der Waals surface area (Å²) >= 11 is 3.87. The average Bonchev–Trinajstić information content (AvgIpc) is 2.66. The van der Waals surface area contributed by atoms with E-state index in [1.807, 2.05) is 5.32 Å². The molecule has 0 radical (unpaired) electrons. The number of rotatable bonds is 14. The molecule has 0 fully saturated rings. The quantitative estimate of drug-likeness (QED) is 0.115. The number of hydrogen-bond acceptors (Lipinski definition) is 9. The Labute approximate surface area is 175 Å². The van der Waals surface area contributed by atoms with Gasteiger partial charge in [-0.05, 0) is 6.42 Å². The number of aliphatic hydroxyl groups is 1. The molecule has 9 N–H and O–H groups in total. The number of carbonyl (C=O) groups excluding carboxylic acids is 3. The van der Waals surface area contributed by atoms with Gasteiger partial charge in [-0.3, -0.25) is 24.0 Å². The maximum atomic E-state index is 12.3. The Bertz CT molecular complexity index is 674. The zero-order valence-corrected chi connectivity index (χ0v) is 16.5. The van der Waals surface area contributed by atoms with Crippen LogP contribution in [0.1, 0.15) is 19.3 Å². The standard InChI is InChI=1S/C15H24N4O10S/c16-6(4-20)12(25)18-8(3-11(23)24)13(26)19-9(5-30)14(27)17-7(15(28)29)1-2-10(21)22/h6-9,20,30H,1-5,16H2,(H,17,27)(H,18,25)(H,19,26)(H,21,22)(H,23,24)(H,28,29). The minimum absolute atomic E-state index is 0.327. The molecule has 3 amide bonds. The number of aliphatic hydroxyl groups excluding tert-OH is 1. The molecule has 0 saturated heterocycles. The van der Waals surface area contributed by atoms with E-state index in [0.717, 1.165) is 0 Å². The molecule has 0 spiro atoms. The molecule has 0 bridgehead atoms. The van der Waals surface area contributed by atoms with Crippen LogP contribution >= 0.6 is 12.6 Å². The number of carboxylic acid groups (broad SMARTS) is 3. The van der Waals surface area contributed by atoms with Crippen LogP contribution in [0.25, 0.3) is 0 Å². The molecule has 4 unspecified atom stereocenters. The Morgan fingerprint density at radius 1 is 0.800 bits per heavy atom. The number of carboxylic acids is 3. The summed E-state index contributed by atoms with van der Waals surface area (Å²) in [5, 5.41) is 41.7. The van der Waals surface area contributed by atoms with Crippen molar-refractivity contribution in [3.63, 3.8) is 0 Å². The Kier molecular flexibility index (Phi) is 12.0. The van der Waals surface area contributed by atoms with Gasteiger partial charge in [0.1, 0.15) is 24.2 Å². The summed E-state index contributed by atoms with van der Waals surface area (Å²) in [5.74, 6) is -7.67. The number of nitrogens with one attached hydrogen (secondary N) is 3. The molecular weight excluding hydrogens is 428 g/mol. The Morgan fingerprint density at radius 3 is 1.73 bits per heavy atom. The predicted octanol–water partition coefficient (Wildman–Crippen LogP) is -3.89. The number of nitrogens with two attached hydrogens (primary N) is 1. The summed E-state index contributed by atoms with van der Waals surface area (Å²) in [6.45, 7) is -0.762. The van der Waals surface area contributed by atoms with Crippen LogP contribution in [0.2, 0.25) is 0 Å². The molecular formula is C15H24N4O10S. The van der Waals surface area contributed by atoms with Crippen molar-refractivity contribution in [2.24, 2.45) is 5.73 Å². The maximum absolute atomic E-state index is 12.3. The summed E-state index contributed by atoms with van der Waals surface area (Å²) in [5.41, 5.74) is 5.29. The van der Waals surface area contributed by atoms with Crippen molar-refractivity contribution in [2.75, 3.05) is 12.4 Å². The Morgan fingerprint density at radius 2 is 1.30 bits per heavy atom. The molecule has 0 aromatic rings. The first-order chi connectivity index (χ1) is 13.9. The second-order valence-electron chi connectivity index (χ2n) is 6.02. The van der Waals surface area contributed by atoms with Crippen LogP contribution in [0.3, 0.4) is 0 Å². The monoisotopic (exact) mass is 452 g/mol. The summed E-state index contributed by atoms with van der Waals surface area (Å²) in [4.78, 5) is 69.0. The molecule has 0 heterocycles. The summed E-state index contributed by atoms with van der Waals surface area (Å²) in [6, 6.07) is -6.04. The second-order valence-corrected chi connectivity index (χ2v) is 6.39. The van der Waals surface area contributed by atoms with Gasteiger partial charge in [0, 0.05) is 12.2 Å². The summed E-state index contributed by atoms with van der Waals surface area (Å²) in [6.07, 6.45) is -1.82. The minimum Gasteiger partial charge on any atom is -0.481 e. The van der Waals surface area contributed by atoms with E-state index in [4.69, 9.17) is 26.2 Å². The lowest BCUT2D eigenvalue weighted by atomic mass is 10.1. The van der Waals surface area contributed by atoms with Crippen molar-refractivity contribution < 1.29 is 49.2 Å². The number of thiol groups is 1. The first-order valence-corrected chi connectivity index (χ1v) is 9.10. The van der Waals surface area contributed by atoms with E-state index in [0.29, 0.717) is 0 Å². The molecule has 4 atom stereocenters. The maximum Gasteiger partial charge on any atom is 0.326 e. The first-order valence-electron chi connectivity index (χ1n) is 8.47. The van der Waals surface area contributed by atoms with E-state index < -0.39 is 85.7 Å². The fourth-order valence-electron chi connectivity index (χ4n) is 2.01. The largest absolute Gasteiger partial charge is 0.481 e. The van der Waals surface area contributed by atoms with Crippen molar-refractivity contribution in [3.05, 3.63) is 0 Å². The van der Waals surface area contributed by atoms with Crippen molar-refractivity contribution >= 4 is 48.3 Å². The van der Waals surface area contributed by atoms with Gasteiger partial charge in [0.25, 0.3) is 0 Å². The second kappa shape index (κ2) is 13.3. The van der Waals surface area contributed by atoms with Gasteiger partial charge in [0.2, 0.25) is 17.7 Å².